The van der Waals surface area contributed by atoms with Crippen LogP contribution in [-0.2, 0) is 4.79 Å². The predicted octanol–water partition coefficient (Wildman–Crippen LogP) is 4.06. The van der Waals surface area contributed by atoms with Gasteiger partial charge in [0.05, 0.1) is 6.04 Å². The van der Waals surface area contributed by atoms with E-state index >= 15 is 0 Å². The highest BCUT2D eigenvalue weighted by Gasteiger charge is 2.34. The second-order valence-electron chi connectivity index (χ2n) is 8.05. The molecule has 3 aromatic rings. The highest BCUT2D eigenvalue weighted by atomic mass is 16.7. The Morgan fingerprint density at radius 2 is 1.62 bits per heavy atom. The lowest BCUT2D eigenvalue weighted by Crippen LogP contribution is -2.55. The zero-order valence-corrected chi connectivity index (χ0v) is 17.8. The third-order valence-corrected chi connectivity index (χ3v) is 6.08. The topological polar surface area (TPSA) is 50.8 Å². The zero-order valence-electron chi connectivity index (χ0n) is 17.8. The number of hydrogen-bond donors (Lipinski definition) is 1. The van der Waals surface area contributed by atoms with E-state index in [9.17, 15) is 4.79 Å². The molecule has 0 radical (unpaired) electrons. The number of carbonyl (C=O) groups excluding carboxylic acids is 1. The molecule has 0 aliphatic carbocycles. The molecule has 1 amide bonds. The highest BCUT2D eigenvalue weighted by molar-refractivity contribution is 5.92. The quantitative estimate of drug-likeness (QED) is 0.625. The van der Waals surface area contributed by atoms with Crippen LogP contribution in [0.25, 0.3) is 6.08 Å². The standard InChI is InChI=1S/C27H26N2O3/c30-26(14-12-20-11-13-24-25(17-20)32-19-31-24)29-16-15-28-18-23(29)27(21-7-3-1-4-8-21)22-9-5-2-6-10-22/h1-14,17,23,27-28H,15-16,18-19H2/b14-12+. The van der Waals surface area contributed by atoms with Crippen molar-refractivity contribution >= 4 is 12.0 Å². The SMILES string of the molecule is O=C(/C=C/c1ccc2c(c1)OCO2)N1CCNCC1C(c1ccccc1)c1ccccc1. The fourth-order valence-corrected chi connectivity index (χ4v) is 4.53. The van der Waals surface area contributed by atoms with Crippen LogP contribution in [-0.4, -0.2) is 43.3 Å². The normalized spacial score (nSPS) is 17.8. The first-order valence-electron chi connectivity index (χ1n) is 11.0. The lowest BCUT2D eigenvalue weighted by atomic mass is 9.83. The summed E-state index contributed by atoms with van der Waals surface area (Å²) in [6, 6.07) is 26.6. The Balaban J connectivity index is 1.42. The Labute approximate surface area is 188 Å². The van der Waals surface area contributed by atoms with Gasteiger partial charge in [-0.2, -0.15) is 0 Å². The Kier molecular flexibility index (Phi) is 5.90. The maximum Gasteiger partial charge on any atom is 0.246 e. The smallest absolute Gasteiger partial charge is 0.246 e. The van der Waals surface area contributed by atoms with Crippen LogP contribution in [0, 0.1) is 0 Å². The number of rotatable bonds is 5. The molecule has 1 unspecified atom stereocenters. The third-order valence-electron chi connectivity index (χ3n) is 6.08. The van der Waals surface area contributed by atoms with E-state index in [1.54, 1.807) is 6.08 Å². The Morgan fingerprint density at radius 1 is 0.938 bits per heavy atom. The molecule has 1 saturated heterocycles. The zero-order chi connectivity index (χ0) is 21.8. The second kappa shape index (κ2) is 9.28. The number of carbonyl (C=O) groups is 1. The van der Waals surface area contributed by atoms with Crippen LogP contribution < -0.4 is 14.8 Å². The maximum atomic E-state index is 13.3. The molecule has 0 aromatic heterocycles. The first-order valence-corrected chi connectivity index (χ1v) is 11.0. The van der Waals surface area contributed by atoms with Gasteiger partial charge >= 0.3 is 0 Å². The largest absolute Gasteiger partial charge is 0.454 e. The number of nitrogens with zero attached hydrogens (tertiary/aromatic N) is 1. The van der Waals surface area contributed by atoms with E-state index in [1.165, 1.54) is 11.1 Å². The van der Waals surface area contributed by atoms with Crippen LogP contribution in [0.3, 0.4) is 0 Å². The monoisotopic (exact) mass is 426 g/mol. The molecule has 5 nitrogen and oxygen atoms in total. The fourth-order valence-electron chi connectivity index (χ4n) is 4.53. The molecule has 3 aromatic carbocycles. The summed E-state index contributed by atoms with van der Waals surface area (Å²) in [6.45, 7) is 2.45. The summed E-state index contributed by atoms with van der Waals surface area (Å²) in [5.41, 5.74) is 3.34. The summed E-state index contributed by atoms with van der Waals surface area (Å²) < 4.78 is 10.8. The summed E-state index contributed by atoms with van der Waals surface area (Å²) in [6.07, 6.45) is 3.52. The van der Waals surface area contributed by atoms with Gasteiger partial charge in [-0.05, 0) is 34.9 Å². The second-order valence-corrected chi connectivity index (χ2v) is 8.05. The van der Waals surface area contributed by atoms with E-state index in [0.29, 0.717) is 12.3 Å². The average Bonchev–Trinajstić information content (AvgIpc) is 3.32. The fraction of sp³-hybridized carbons (Fsp3) is 0.222. The number of benzene rings is 3. The summed E-state index contributed by atoms with van der Waals surface area (Å²) in [7, 11) is 0. The number of hydrogen-bond acceptors (Lipinski definition) is 4. The summed E-state index contributed by atoms with van der Waals surface area (Å²) >= 11 is 0. The molecule has 162 valence electrons. The molecule has 2 heterocycles. The van der Waals surface area contributed by atoms with Crippen molar-refractivity contribution in [1.82, 2.24) is 10.2 Å². The van der Waals surface area contributed by atoms with Gasteiger partial charge in [0, 0.05) is 31.6 Å². The molecular weight excluding hydrogens is 400 g/mol. The summed E-state index contributed by atoms with van der Waals surface area (Å²) in [5.74, 6) is 1.57. The van der Waals surface area contributed by atoms with Crippen molar-refractivity contribution in [2.45, 2.75) is 12.0 Å². The van der Waals surface area contributed by atoms with Gasteiger partial charge in [0.15, 0.2) is 11.5 Å². The summed E-state index contributed by atoms with van der Waals surface area (Å²) in [5, 5.41) is 3.49. The van der Waals surface area contributed by atoms with Gasteiger partial charge in [-0.15, -0.1) is 0 Å². The maximum absolute atomic E-state index is 13.3. The Hall–Kier alpha value is -3.57. The van der Waals surface area contributed by atoms with Gasteiger partial charge in [-0.25, -0.2) is 0 Å². The number of fused-ring (bicyclic) bond motifs is 1. The van der Waals surface area contributed by atoms with E-state index in [-0.39, 0.29) is 24.7 Å². The number of amides is 1. The molecular formula is C27H26N2O3. The van der Waals surface area contributed by atoms with Crippen LogP contribution in [0.1, 0.15) is 22.6 Å². The van der Waals surface area contributed by atoms with E-state index in [2.05, 4.69) is 53.8 Å². The number of piperazine rings is 1. The Bertz CT molecular complexity index is 1060. The Morgan fingerprint density at radius 3 is 2.34 bits per heavy atom. The molecule has 0 spiro atoms. The van der Waals surface area contributed by atoms with Crippen molar-refractivity contribution in [3.05, 3.63) is 102 Å². The van der Waals surface area contributed by atoms with Gasteiger partial charge < -0.3 is 19.7 Å². The molecule has 1 N–H and O–H groups in total. The van der Waals surface area contributed by atoms with Crippen LogP contribution in [0.15, 0.2) is 84.9 Å². The third kappa shape index (κ3) is 4.25. The minimum Gasteiger partial charge on any atom is -0.454 e. The van der Waals surface area contributed by atoms with E-state index in [1.807, 2.05) is 41.3 Å². The predicted molar refractivity (Wildman–Crippen MR) is 125 cm³/mol. The molecule has 2 aliphatic rings. The van der Waals surface area contributed by atoms with Gasteiger partial charge in [-0.1, -0.05) is 66.7 Å². The number of ether oxygens (including phenoxy) is 2. The molecule has 2 aliphatic heterocycles. The lowest BCUT2D eigenvalue weighted by molar-refractivity contribution is -0.129. The van der Waals surface area contributed by atoms with Crippen molar-refractivity contribution in [3.8, 4) is 11.5 Å². The van der Waals surface area contributed by atoms with E-state index in [4.69, 9.17) is 9.47 Å². The van der Waals surface area contributed by atoms with Crippen molar-refractivity contribution < 1.29 is 14.3 Å². The molecule has 32 heavy (non-hydrogen) atoms. The van der Waals surface area contributed by atoms with E-state index < -0.39 is 0 Å². The van der Waals surface area contributed by atoms with Crippen LogP contribution in [0.4, 0.5) is 0 Å². The first-order chi connectivity index (χ1) is 15.8. The minimum absolute atomic E-state index is 0.0162. The molecule has 5 rings (SSSR count). The molecule has 0 bridgehead atoms. The van der Waals surface area contributed by atoms with Crippen molar-refractivity contribution in [3.63, 3.8) is 0 Å². The van der Waals surface area contributed by atoms with Gasteiger partial charge in [0.25, 0.3) is 0 Å². The van der Waals surface area contributed by atoms with Crippen molar-refractivity contribution in [2.24, 2.45) is 0 Å². The minimum atomic E-state index is 0.0162. The molecule has 1 atom stereocenters. The molecule has 0 saturated carbocycles. The van der Waals surface area contributed by atoms with Gasteiger partial charge in [0.2, 0.25) is 12.7 Å². The lowest BCUT2D eigenvalue weighted by Gasteiger charge is -2.41. The highest BCUT2D eigenvalue weighted by Crippen LogP contribution is 2.34. The van der Waals surface area contributed by atoms with Crippen LogP contribution >= 0.6 is 0 Å². The van der Waals surface area contributed by atoms with Crippen molar-refractivity contribution in [1.29, 1.82) is 0 Å². The molecule has 1 fully saturated rings. The van der Waals surface area contributed by atoms with Gasteiger partial charge in [-0.3, -0.25) is 4.79 Å². The first kappa shape index (κ1) is 20.3. The number of nitrogens with one attached hydrogen (secondary N) is 1. The van der Waals surface area contributed by atoms with Crippen molar-refractivity contribution in [2.75, 3.05) is 26.4 Å². The van der Waals surface area contributed by atoms with E-state index in [0.717, 1.165) is 24.4 Å². The summed E-state index contributed by atoms with van der Waals surface area (Å²) in [4.78, 5) is 15.3. The molecule has 5 heteroatoms. The van der Waals surface area contributed by atoms with Crippen LogP contribution in [0.2, 0.25) is 0 Å². The van der Waals surface area contributed by atoms with Gasteiger partial charge in [0.1, 0.15) is 0 Å². The average molecular weight is 427 g/mol. The van der Waals surface area contributed by atoms with Crippen LogP contribution in [0.5, 0.6) is 11.5 Å².